The molecular weight excluding hydrogens is 262 g/mol. The van der Waals surface area contributed by atoms with Crippen LogP contribution in [0.1, 0.15) is 59.3 Å². The highest BCUT2D eigenvalue weighted by Crippen LogP contribution is 2.37. The van der Waals surface area contributed by atoms with Crippen LogP contribution in [0.5, 0.6) is 0 Å². The normalized spacial score (nSPS) is 31.2. The van der Waals surface area contributed by atoms with Crippen LogP contribution in [0.2, 0.25) is 0 Å². The van der Waals surface area contributed by atoms with E-state index < -0.39 is 0 Å². The van der Waals surface area contributed by atoms with E-state index in [4.69, 9.17) is 5.73 Å². The van der Waals surface area contributed by atoms with Crippen LogP contribution in [0.25, 0.3) is 0 Å². The third-order valence-electron chi connectivity index (χ3n) is 5.11. The molecule has 4 heteroatoms. The lowest BCUT2D eigenvalue weighted by Gasteiger charge is -2.36. The Hall–Kier alpha value is -0.610. The van der Waals surface area contributed by atoms with E-state index in [1.165, 1.54) is 25.7 Å². The van der Waals surface area contributed by atoms with Gasteiger partial charge in [-0.1, -0.05) is 20.8 Å². The first-order valence-electron chi connectivity index (χ1n) is 8.49. The lowest BCUT2D eigenvalue weighted by atomic mass is 9.87. The molecule has 2 aliphatic rings. The Labute approximate surface area is 129 Å². The molecule has 3 unspecified atom stereocenters. The van der Waals surface area contributed by atoms with Crippen LogP contribution in [0.4, 0.5) is 0 Å². The van der Waals surface area contributed by atoms with Crippen LogP contribution in [-0.4, -0.2) is 42.5 Å². The molecule has 2 saturated heterocycles. The highest BCUT2D eigenvalue weighted by Gasteiger charge is 2.38. The van der Waals surface area contributed by atoms with Crippen molar-refractivity contribution >= 4 is 5.91 Å². The molecule has 2 aliphatic heterocycles. The van der Waals surface area contributed by atoms with Gasteiger partial charge in [-0.3, -0.25) is 4.79 Å². The molecule has 1 amide bonds. The summed E-state index contributed by atoms with van der Waals surface area (Å²) in [6.07, 6.45) is 6.49. The van der Waals surface area contributed by atoms with E-state index >= 15 is 0 Å². The molecule has 0 aromatic carbocycles. The van der Waals surface area contributed by atoms with Gasteiger partial charge in [0.05, 0.1) is 0 Å². The van der Waals surface area contributed by atoms with E-state index in [0.717, 1.165) is 25.0 Å². The van der Waals surface area contributed by atoms with Crippen LogP contribution in [0, 0.1) is 11.3 Å². The zero-order chi connectivity index (χ0) is 15.6. The van der Waals surface area contributed by atoms with Gasteiger partial charge in [0.15, 0.2) is 0 Å². The Morgan fingerprint density at radius 3 is 2.38 bits per heavy atom. The summed E-state index contributed by atoms with van der Waals surface area (Å²) in [4.78, 5) is 14.6. The molecule has 21 heavy (non-hydrogen) atoms. The maximum absolute atomic E-state index is 12.0. The van der Waals surface area contributed by atoms with E-state index in [0.29, 0.717) is 12.3 Å². The highest BCUT2D eigenvalue weighted by molar-refractivity contribution is 5.76. The quantitative estimate of drug-likeness (QED) is 0.817. The second-order valence-corrected chi connectivity index (χ2v) is 8.42. The number of nitrogens with one attached hydrogen (secondary N) is 1. The van der Waals surface area contributed by atoms with E-state index in [1.807, 2.05) is 0 Å². The predicted octanol–water partition coefficient (Wildman–Crippen LogP) is 2.13. The maximum atomic E-state index is 12.0. The number of carbonyl (C=O) groups is 1. The SMILES string of the molecule is CN1C2CCC1CC(CNC(=O)CC(N)CC(C)(C)C)C2. The minimum Gasteiger partial charge on any atom is -0.356 e. The van der Waals surface area contributed by atoms with Crippen LogP contribution < -0.4 is 11.1 Å². The smallest absolute Gasteiger partial charge is 0.221 e. The van der Waals surface area contributed by atoms with Gasteiger partial charge in [-0.15, -0.1) is 0 Å². The van der Waals surface area contributed by atoms with Gasteiger partial charge in [0.1, 0.15) is 0 Å². The number of rotatable bonds is 5. The number of carbonyl (C=O) groups excluding carboxylic acids is 1. The number of hydrogen-bond donors (Lipinski definition) is 2. The standard InChI is InChI=1S/C17H33N3O/c1-17(2,3)10-13(18)9-16(21)19-11-12-7-14-5-6-15(8-12)20(14)4/h12-15H,5-11,18H2,1-4H3,(H,19,21). The average molecular weight is 295 g/mol. The molecule has 2 bridgehead atoms. The molecule has 0 radical (unpaired) electrons. The van der Waals surface area contributed by atoms with Crippen molar-refractivity contribution in [1.29, 1.82) is 0 Å². The maximum Gasteiger partial charge on any atom is 0.221 e. The molecule has 3 atom stereocenters. The van der Waals surface area contributed by atoms with Gasteiger partial charge in [0.2, 0.25) is 5.91 Å². The molecule has 4 nitrogen and oxygen atoms in total. The number of hydrogen-bond acceptors (Lipinski definition) is 3. The molecule has 2 fully saturated rings. The molecule has 2 rings (SSSR count). The molecule has 3 N–H and O–H groups in total. The second-order valence-electron chi connectivity index (χ2n) is 8.42. The molecule has 0 spiro atoms. The molecular formula is C17H33N3O. The Kier molecular flexibility index (Phi) is 5.31. The van der Waals surface area contributed by atoms with Gasteiger partial charge in [-0.05, 0) is 50.5 Å². The van der Waals surface area contributed by atoms with Crippen LogP contribution in [0.3, 0.4) is 0 Å². The van der Waals surface area contributed by atoms with E-state index in [2.05, 4.69) is 38.0 Å². The van der Waals surface area contributed by atoms with E-state index in [1.54, 1.807) is 0 Å². The Morgan fingerprint density at radius 1 is 1.29 bits per heavy atom. The minimum atomic E-state index is -0.0290. The average Bonchev–Trinajstić information content (AvgIpc) is 2.58. The van der Waals surface area contributed by atoms with Gasteiger partial charge in [0.25, 0.3) is 0 Å². The fourth-order valence-electron chi connectivity index (χ4n) is 4.12. The molecule has 0 aromatic heterocycles. The monoisotopic (exact) mass is 295 g/mol. The fourth-order valence-corrected chi connectivity index (χ4v) is 4.12. The van der Waals surface area contributed by atoms with Gasteiger partial charge < -0.3 is 16.0 Å². The molecule has 122 valence electrons. The van der Waals surface area contributed by atoms with Crippen LogP contribution in [0.15, 0.2) is 0 Å². The summed E-state index contributed by atoms with van der Waals surface area (Å²) in [5.74, 6) is 0.777. The topological polar surface area (TPSA) is 58.4 Å². The van der Waals surface area contributed by atoms with Crippen LogP contribution >= 0.6 is 0 Å². The van der Waals surface area contributed by atoms with E-state index in [9.17, 15) is 4.79 Å². The number of fused-ring (bicyclic) bond motifs is 2. The van der Waals surface area contributed by atoms with Gasteiger partial charge in [0, 0.05) is 31.1 Å². The van der Waals surface area contributed by atoms with Crippen molar-refractivity contribution in [1.82, 2.24) is 10.2 Å². The molecule has 0 saturated carbocycles. The van der Waals surface area contributed by atoms with Crippen molar-refractivity contribution in [2.24, 2.45) is 17.1 Å². The minimum absolute atomic E-state index is 0.0290. The first kappa shape index (κ1) is 16.8. The van der Waals surface area contributed by atoms with Gasteiger partial charge in [-0.25, -0.2) is 0 Å². The zero-order valence-electron chi connectivity index (χ0n) is 14.2. The number of amides is 1. The van der Waals surface area contributed by atoms with Crippen LogP contribution in [-0.2, 0) is 4.79 Å². The van der Waals surface area contributed by atoms with Crippen molar-refractivity contribution in [3.63, 3.8) is 0 Å². The zero-order valence-corrected chi connectivity index (χ0v) is 14.2. The largest absolute Gasteiger partial charge is 0.356 e. The van der Waals surface area contributed by atoms with Crippen molar-refractivity contribution in [2.75, 3.05) is 13.6 Å². The Morgan fingerprint density at radius 2 is 1.86 bits per heavy atom. The summed E-state index contributed by atoms with van der Waals surface area (Å²) in [5.41, 5.74) is 6.26. The summed E-state index contributed by atoms with van der Waals surface area (Å²) in [6.45, 7) is 7.33. The first-order valence-corrected chi connectivity index (χ1v) is 8.49. The number of nitrogens with zero attached hydrogens (tertiary/aromatic N) is 1. The third-order valence-corrected chi connectivity index (χ3v) is 5.11. The molecule has 2 heterocycles. The molecule has 0 aliphatic carbocycles. The second kappa shape index (κ2) is 6.66. The highest BCUT2D eigenvalue weighted by atomic mass is 16.1. The molecule has 0 aromatic rings. The fraction of sp³-hybridized carbons (Fsp3) is 0.941. The Balaban J connectivity index is 1.68. The van der Waals surface area contributed by atoms with Gasteiger partial charge in [-0.2, -0.15) is 0 Å². The first-order chi connectivity index (χ1) is 9.74. The predicted molar refractivity (Wildman–Crippen MR) is 87.0 cm³/mol. The number of piperidine rings is 1. The van der Waals surface area contributed by atoms with E-state index in [-0.39, 0.29) is 17.4 Å². The summed E-state index contributed by atoms with van der Waals surface area (Å²) >= 11 is 0. The summed E-state index contributed by atoms with van der Waals surface area (Å²) < 4.78 is 0. The Bertz CT molecular complexity index is 350. The van der Waals surface area contributed by atoms with Gasteiger partial charge >= 0.3 is 0 Å². The third kappa shape index (κ3) is 4.96. The summed E-state index contributed by atoms with van der Waals surface area (Å²) in [6, 6.07) is 1.46. The van der Waals surface area contributed by atoms with Crippen molar-refractivity contribution in [2.45, 2.75) is 77.4 Å². The lowest BCUT2D eigenvalue weighted by molar-refractivity contribution is -0.121. The number of nitrogens with two attached hydrogens (primary N) is 1. The van der Waals surface area contributed by atoms with Crippen molar-refractivity contribution in [3.05, 3.63) is 0 Å². The van der Waals surface area contributed by atoms with Crippen molar-refractivity contribution in [3.8, 4) is 0 Å². The summed E-state index contributed by atoms with van der Waals surface area (Å²) in [5, 5.41) is 3.12. The lowest BCUT2D eigenvalue weighted by Crippen LogP contribution is -2.44. The van der Waals surface area contributed by atoms with Crippen molar-refractivity contribution < 1.29 is 4.79 Å². The summed E-state index contributed by atoms with van der Waals surface area (Å²) in [7, 11) is 2.25.